The molecule has 3 rings (SSSR count). The van der Waals surface area contributed by atoms with Crippen molar-refractivity contribution < 1.29 is 4.42 Å². The molecule has 18 heavy (non-hydrogen) atoms. The molecule has 0 bridgehead atoms. The highest BCUT2D eigenvalue weighted by Crippen LogP contribution is 2.31. The van der Waals surface area contributed by atoms with Crippen LogP contribution in [0.4, 0.5) is 0 Å². The lowest BCUT2D eigenvalue weighted by molar-refractivity contribution is 0.620. The maximum absolute atomic E-state index is 6.03. The van der Waals surface area contributed by atoms with Crippen molar-refractivity contribution in [3.05, 3.63) is 51.5 Å². The van der Waals surface area contributed by atoms with Gasteiger partial charge in [-0.2, -0.15) is 0 Å². The van der Waals surface area contributed by atoms with Gasteiger partial charge in [0.1, 0.15) is 5.52 Å². The first-order chi connectivity index (χ1) is 8.63. The van der Waals surface area contributed by atoms with Gasteiger partial charge in [-0.15, -0.1) is 0 Å². The molecule has 3 aromatic rings. The van der Waals surface area contributed by atoms with E-state index in [-0.39, 0.29) is 0 Å². The number of nitrogens with zero attached hydrogens (tertiary/aromatic N) is 1. The molecule has 5 heteroatoms. The van der Waals surface area contributed by atoms with Crippen molar-refractivity contribution in [3.8, 4) is 11.5 Å². The van der Waals surface area contributed by atoms with Gasteiger partial charge in [-0.1, -0.05) is 40.9 Å². The van der Waals surface area contributed by atoms with E-state index in [4.69, 9.17) is 39.2 Å². The fourth-order valence-electron chi connectivity index (χ4n) is 1.72. The summed E-state index contributed by atoms with van der Waals surface area (Å²) in [5.41, 5.74) is 1.98. The second-order valence-electron chi connectivity index (χ2n) is 3.77. The number of halogens is 3. The molecule has 0 aliphatic rings. The topological polar surface area (TPSA) is 26.0 Å². The molecular formula is C13H6Cl3NO. The number of fused-ring (bicyclic) bond motifs is 1. The molecule has 0 aliphatic carbocycles. The van der Waals surface area contributed by atoms with Gasteiger partial charge < -0.3 is 4.42 Å². The molecule has 2 aromatic carbocycles. The van der Waals surface area contributed by atoms with Crippen molar-refractivity contribution >= 4 is 45.9 Å². The Morgan fingerprint density at radius 1 is 0.944 bits per heavy atom. The van der Waals surface area contributed by atoms with Crippen molar-refractivity contribution in [1.82, 2.24) is 4.98 Å². The van der Waals surface area contributed by atoms with Gasteiger partial charge in [0, 0.05) is 15.6 Å². The molecule has 90 valence electrons. The largest absolute Gasteiger partial charge is 0.435 e. The Balaban J connectivity index is 2.22. The van der Waals surface area contributed by atoms with Crippen molar-refractivity contribution in [3.63, 3.8) is 0 Å². The third-order valence-corrected chi connectivity index (χ3v) is 3.21. The normalized spacial score (nSPS) is 11.1. The molecule has 0 spiro atoms. The molecule has 0 amide bonds. The lowest BCUT2D eigenvalue weighted by Gasteiger charge is -1.97. The molecule has 0 unspecified atom stereocenters. The summed E-state index contributed by atoms with van der Waals surface area (Å²) in [7, 11) is 0. The fourth-order valence-corrected chi connectivity index (χ4v) is 2.45. The molecule has 0 saturated heterocycles. The smallest absolute Gasteiger partial charge is 0.227 e. The summed E-state index contributed by atoms with van der Waals surface area (Å²) in [6.07, 6.45) is 0. The summed E-state index contributed by atoms with van der Waals surface area (Å²) < 4.78 is 5.63. The number of rotatable bonds is 1. The minimum Gasteiger partial charge on any atom is -0.435 e. The zero-order valence-corrected chi connectivity index (χ0v) is 11.2. The maximum atomic E-state index is 6.03. The number of aromatic nitrogens is 1. The lowest BCUT2D eigenvalue weighted by atomic mass is 10.2. The molecular weight excluding hydrogens is 293 g/mol. The van der Waals surface area contributed by atoms with Crippen LogP contribution < -0.4 is 0 Å². The third kappa shape index (κ3) is 2.07. The van der Waals surface area contributed by atoms with Crippen molar-refractivity contribution in [2.75, 3.05) is 0 Å². The highest BCUT2D eigenvalue weighted by molar-refractivity contribution is 6.35. The Hall–Kier alpha value is -1.22. The van der Waals surface area contributed by atoms with Gasteiger partial charge in [-0.25, -0.2) is 4.98 Å². The van der Waals surface area contributed by atoms with E-state index in [1.807, 2.05) is 12.1 Å². The van der Waals surface area contributed by atoms with Crippen LogP contribution in [0.25, 0.3) is 22.6 Å². The fraction of sp³-hybridized carbons (Fsp3) is 0. The first-order valence-corrected chi connectivity index (χ1v) is 6.28. The highest BCUT2D eigenvalue weighted by atomic mass is 35.5. The average Bonchev–Trinajstić information content (AvgIpc) is 2.73. The Bertz CT molecular complexity index is 716. The second kappa shape index (κ2) is 4.47. The number of para-hydroxylation sites is 1. The SMILES string of the molecule is Clc1cc(Cl)cc(-c2nc3cccc(Cl)c3o2)c1. The van der Waals surface area contributed by atoms with Crippen LogP contribution in [0.1, 0.15) is 0 Å². The molecule has 0 atom stereocenters. The summed E-state index contributed by atoms with van der Waals surface area (Å²) in [5, 5.41) is 1.59. The van der Waals surface area contributed by atoms with Crippen molar-refractivity contribution in [1.29, 1.82) is 0 Å². The highest BCUT2D eigenvalue weighted by Gasteiger charge is 2.11. The van der Waals surface area contributed by atoms with E-state index in [9.17, 15) is 0 Å². The molecule has 0 N–H and O–H groups in total. The molecule has 1 heterocycles. The predicted octanol–water partition coefficient (Wildman–Crippen LogP) is 5.46. The second-order valence-corrected chi connectivity index (χ2v) is 5.05. The van der Waals surface area contributed by atoms with Crippen LogP contribution in [0.5, 0.6) is 0 Å². The summed E-state index contributed by atoms with van der Waals surface area (Å²) in [4.78, 5) is 4.36. The number of hydrogen-bond donors (Lipinski definition) is 0. The zero-order chi connectivity index (χ0) is 12.7. The molecule has 0 aliphatic heterocycles. The van der Waals surface area contributed by atoms with Gasteiger partial charge >= 0.3 is 0 Å². The minimum absolute atomic E-state index is 0.447. The molecule has 1 aromatic heterocycles. The van der Waals surface area contributed by atoms with Gasteiger partial charge in [0.2, 0.25) is 5.89 Å². The Morgan fingerprint density at radius 2 is 1.67 bits per heavy atom. The Kier molecular flexibility index (Phi) is 2.94. The standard InChI is InChI=1S/C13H6Cl3NO/c14-8-4-7(5-9(15)6-8)13-17-11-3-1-2-10(16)12(11)18-13/h1-6H. The van der Waals surface area contributed by atoms with Gasteiger partial charge in [0.25, 0.3) is 0 Å². The van der Waals surface area contributed by atoms with Gasteiger partial charge in [0.15, 0.2) is 5.58 Å². The molecule has 0 saturated carbocycles. The predicted molar refractivity (Wildman–Crippen MR) is 74.5 cm³/mol. The van der Waals surface area contributed by atoms with Crippen LogP contribution in [-0.2, 0) is 0 Å². The molecule has 0 fully saturated rings. The first-order valence-electron chi connectivity index (χ1n) is 5.15. The van der Waals surface area contributed by atoms with Crippen LogP contribution in [0.15, 0.2) is 40.8 Å². The maximum Gasteiger partial charge on any atom is 0.227 e. The number of hydrogen-bond acceptors (Lipinski definition) is 2. The van der Waals surface area contributed by atoms with Crippen LogP contribution in [0.2, 0.25) is 15.1 Å². The summed E-state index contributed by atoms with van der Waals surface area (Å²) >= 11 is 17.9. The average molecular weight is 299 g/mol. The quantitative estimate of drug-likeness (QED) is 0.596. The summed E-state index contributed by atoms with van der Waals surface area (Å²) in [5.74, 6) is 0.447. The Morgan fingerprint density at radius 3 is 2.33 bits per heavy atom. The van der Waals surface area contributed by atoms with Crippen molar-refractivity contribution in [2.45, 2.75) is 0 Å². The van der Waals surface area contributed by atoms with Crippen molar-refractivity contribution in [2.24, 2.45) is 0 Å². The number of benzene rings is 2. The van der Waals surface area contributed by atoms with E-state index in [0.717, 1.165) is 5.56 Å². The van der Waals surface area contributed by atoms with E-state index < -0.39 is 0 Å². The first kappa shape index (κ1) is 11.8. The van der Waals surface area contributed by atoms with Gasteiger partial charge in [-0.05, 0) is 30.3 Å². The van der Waals surface area contributed by atoms with E-state index in [1.165, 1.54) is 0 Å². The number of oxazole rings is 1. The van der Waals surface area contributed by atoms with Crippen LogP contribution in [-0.4, -0.2) is 4.98 Å². The van der Waals surface area contributed by atoms with Gasteiger partial charge in [-0.3, -0.25) is 0 Å². The minimum atomic E-state index is 0.447. The van der Waals surface area contributed by atoms with E-state index in [2.05, 4.69) is 4.98 Å². The van der Waals surface area contributed by atoms with E-state index in [0.29, 0.717) is 32.1 Å². The summed E-state index contributed by atoms with van der Waals surface area (Å²) in [6.45, 7) is 0. The van der Waals surface area contributed by atoms with E-state index >= 15 is 0 Å². The van der Waals surface area contributed by atoms with E-state index in [1.54, 1.807) is 24.3 Å². The van der Waals surface area contributed by atoms with Crippen LogP contribution in [0, 0.1) is 0 Å². The third-order valence-electron chi connectivity index (χ3n) is 2.48. The lowest BCUT2D eigenvalue weighted by Crippen LogP contribution is -1.77. The summed E-state index contributed by atoms with van der Waals surface area (Å²) in [6, 6.07) is 10.5. The van der Waals surface area contributed by atoms with Crippen LogP contribution >= 0.6 is 34.8 Å². The molecule has 2 nitrogen and oxygen atoms in total. The Labute approximate surface area is 118 Å². The molecule has 0 radical (unpaired) electrons. The monoisotopic (exact) mass is 297 g/mol. The van der Waals surface area contributed by atoms with Gasteiger partial charge in [0.05, 0.1) is 5.02 Å². The van der Waals surface area contributed by atoms with Crippen LogP contribution in [0.3, 0.4) is 0 Å². The zero-order valence-electron chi connectivity index (χ0n) is 8.95.